The van der Waals surface area contributed by atoms with Crippen molar-refractivity contribution in [2.75, 3.05) is 0 Å². The van der Waals surface area contributed by atoms with Crippen molar-refractivity contribution in [1.82, 2.24) is 0 Å². The first-order valence-corrected chi connectivity index (χ1v) is 11.5. The van der Waals surface area contributed by atoms with Crippen molar-refractivity contribution >= 4 is 11.9 Å². The number of hydrogen-bond acceptors (Lipinski definition) is 4. The molecule has 0 spiro atoms. The minimum absolute atomic E-state index is 0.153. The zero-order valence-electron chi connectivity index (χ0n) is 20.3. The first-order valence-electron chi connectivity index (χ1n) is 11.5. The third kappa shape index (κ3) is 3.00. The van der Waals surface area contributed by atoms with Gasteiger partial charge in [-0.3, -0.25) is 4.79 Å². The van der Waals surface area contributed by atoms with E-state index in [4.69, 9.17) is 9.47 Å². The van der Waals surface area contributed by atoms with Crippen molar-refractivity contribution in [2.45, 2.75) is 99.7 Å². The van der Waals surface area contributed by atoms with Gasteiger partial charge < -0.3 is 9.47 Å². The second-order valence-electron chi connectivity index (χ2n) is 11.6. The van der Waals surface area contributed by atoms with E-state index in [9.17, 15) is 9.59 Å². The molecule has 2 bridgehead atoms. The highest BCUT2D eigenvalue weighted by Crippen LogP contribution is 2.66. The summed E-state index contributed by atoms with van der Waals surface area (Å²) in [5.74, 6) is -0.197. The lowest BCUT2D eigenvalue weighted by atomic mass is 9.66. The second-order valence-corrected chi connectivity index (χ2v) is 11.6. The summed E-state index contributed by atoms with van der Waals surface area (Å²) in [7, 11) is 0. The van der Waals surface area contributed by atoms with E-state index in [0.717, 1.165) is 6.42 Å². The molecule has 0 aromatic carbocycles. The maximum absolute atomic E-state index is 13.4. The minimum atomic E-state index is -1.17. The smallest absolute Gasteiger partial charge is 0.351 e. The van der Waals surface area contributed by atoms with Crippen LogP contribution in [0.4, 0.5) is 0 Å². The van der Waals surface area contributed by atoms with Gasteiger partial charge in [-0.05, 0) is 50.9 Å². The van der Waals surface area contributed by atoms with Gasteiger partial charge in [-0.25, -0.2) is 4.79 Å². The van der Waals surface area contributed by atoms with Crippen LogP contribution in [0.3, 0.4) is 0 Å². The van der Waals surface area contributed by atoms with Gasteiger partial charge in [0.1, 0.15) is 6.10 Å². The lowest BCUT2D eigenvalue weighted by Crippen LogP contribution is -2.51. The van der Waals surface area contributed by atoms with Gasteiger partial charge in [0, 0.05) is 10.8 Å². The molecule has 0 aromatic rings. The van der Waals surface area contributed by atoms with E-state index in [1.165, 1.54) is 5.57 Å². The molecule has 3 aliphatic rings. The number of esters is 2. The molecule has 1 saturated heterocycles. The number of rotatable bonds is 6. The van der Waals surface area contributed by atoms with Crippen LogP contribution in [0, 0.1) is 27.6 Å². The monoisotopic (exact) mass is 416 g/mol. The topological polar surface area (TPSA) is 52.6 Å². The molecule has 30 heavy (non-hydrogen) atoms. The Hall–Kier alpha value is -1.58. The number of hydrogen-bond donors (Lipinski definition) is 0. The van der Waals surface area contributed by atoms with Crippen LogP contribution >= 0.6 is 0 Å². The minimum Gasteiger partial charge on any atom is -0.459 e. The summed E-state index contributed by atoms with van der Waals surface area (Å²) in [5.41, 5.74) is -1.10. The molecule has 1 heterocycles. The largest absolute Gasteiger partial charge is 0.459 e. The lowest BCUT2D eigenvalue weighted by molar-refractivity contribution is -0.190. The first-order chi connectivity index (χ1) is 13.7. The Morgan fingerprint density at radius 1 is 1.27 bits per heavy atom. The first kappa shape index (κ1) is 23.1. The molecule has 4 nitrogen and oxygen atoms in total. The summed E-state index contributed by atoms with van der Waals surface area (Å²) in [6.45, 7) is 18.9. The predicted octanol–water partition coefficient (Wildman–Crippen LogP) is 6.00. The van der Waals surface area contributed by atoms with Crippen molar-refractivity contribution in [3.8, 4) is 0 Å². The van der Waals surface area contributed by atoms with Gasteiger partial charge in [-0.1, -0.05) is 72.3 Å². The third-order valence-electron chi connectivity index (χ3n) is 9.24. The summed E-state index contributed by atoms with van der Waals surface area (Å²) in [4.78, 5) is 25.9. The van der Waals surface area contributed by atoms with E-state index in [2.05, 4.69) is 52.8 Å². The Bertz CT molecular complexity index is 800. The molecule has 0 aromatic heterocycles. The maximum atomic E-state index is 13.4. The van der Waals surface area contributed by atoms with Crippen LogP contribution in [0.1, 0.15) is 88.0 Å². The number of ether oxygens (including phenoxy) is 2. The number of fused-ring (bicyclic) bond motifs is 2. The van der Waals surface area contributed by atoms with E-state index in [1.54, 1.807) is 0 Å². The van der Waals surface area contributed by atoms with Crippen LogP contribution in [0.25, 0.3) is 0 Å². The van der Waals surface area contributed by atoms with E-state index < -0.39 is 16.4 Å². The fraction of sp³-hybridized carbons (Fsp3) is 0.769. The summed E-state index contributed by atoms with van der Waals surface area (Å²) in [5, 5.41) is 0. The van der Waals surface area contributed by atoms with Gasteiger partial charge in [-0.2, -0.15) is 0 Å². The maximum Gasteiger partial charge on any atom is 0.351 e. The second kappa shape index (κ2) is 6.97. The average molecular weight is 417 g/mol. The Morgan fingerprint density at radius 3 is 2.33 bits per heavy atom. The van der Waals surface area contributed by atoms with E-state index in [-0.39, 0.29) is 28.9 Å². The van der Waals surface area contributed by atoms with Crippen LogP contribution in [0.15, 0.2) is 23.8 Å². The highest BCUT2D eigenvalue weighted by molar-refractivity contribution is 5.93. The predicted molar refractivity (Wildman–Crippen MR) is 119 cm³/mol. The van der Waals surface area contributed by atoms with Gasteiger partial charge >= 0.3 is 11.9 Å². The molecule has 3 rings (SSSR count). The summed E-state index contributed by atoms with van der Waals surface area (Å²) in [6, 6.07) is 0. The van der Waals surface area contributed by atoms with Crippen molar-refractivity contribution in [1.29, 1.82) is 0 Å². The van der Waals surface area contributed by atoms with Crippen LogP contribution in [-0.2, 0) is 19.1 Å². The van der Waals surface area contributed by atoms with Gasteiger partial charge in [0.15, 0.2) is 0 Å². The summed E-state index contributed by atoms with van der Waals surface area (Å²) >= 11 is 0. The number of carbonyl (C=O) groups is 2. The standard InChI is InChI=1S/C26H40O4/c1-10-19(22(3,4)14-13-18-12-11-17(2)23(18,5)6)29-21(28)26-16-15-25(9,20(27)30-26)24(26,7)8/h11,13-14,18-19H,10,12,15-16H2,1-9H3/b14-13+/t18-,19-,25-,26+/m0/s1. The Balaban J connectivity index is 1.77. The molecule has 1 saturated carbocycles. The molecule has 0 N–H and O–H groups in total. The molecule has 168 valence electrons. The highest BCUT2D eigenvalue weighted by Gasteiger charge is 2.76. The van der Waals surface area contributed by atoms with Crippen molar-refractivity contribution in [2.24, 2.45) is 27.6 Å². The van der Waals surface area contributed by atoms with E-state index >= 15 is 0 Å². The van der Waals surface area contributed by atoms with Crippen LogP contribution in [0.2, 0.25) is 0 Å². The van der Waals surface area contributed by atoms with Gasteiger partial charge in [-0.15, -0.1) is 0 Å². The Morgan fingerprint density at radius 2 is 1.90 bits per heavy atom. The molecule has 0 unspecified atom stereocenters. The molecular weight excluding hydrogens is 376 g/mol. The fourth-order valence-electron chi connectivity index (χ4n) is 5.63. The lowest BCUT2D eigenvalue weighted by Gasteiger charge is -2.38. The van der Waals surface area contributed by atoms with E-state index in [0.29, 0.717) is 25.2 Å². The van der Waals surface area contributed by atoms with Crippen molar-refractivity contribution < 1.29 is 19.1 Å². The molecule has 2 aliphatic carbocycles. The SMILES string of the molecule is CC[C@H](OC(=O)[C@@]12CC[C@@](C)(C(=O)O1)C2(C)C)C(C)(C)/C=C/[C@@H]1CC=C(C)C1(C)C. The fourth-order valence-corrected chi connectivity index (χ4v) is 5.63. The zero-order chi connectivity index (χ0) is 22.8. The van der Waals surface area contributed by atoms with Crippen molar-refractivity contribution in [3.63, 3.8) is 0 Å². The molecular formula is C26H40O4. The van der Waals surface area contributed by atoms with Crippen LogP contribution in [-0.4, -0.2) is 23.6 Å². The molecule has 0 amide bonds. The highest BCUT2D eigenvalue weighted by atomic mass is 16.6. The van der Waals surface area contributed by atoms with Gasteiger partial charge in [0.05, 0.1) is 5.41 Å². The van der Waals surface area contributed by atoms with Crippen molar-refractivity contribution in [3.05, 3.63) is 23.8 Å². The summed E-state index contributed by atoms with van der Waals surface area (Å²) in [6.07, 6.45) is 9.52. The van der Waals surface area contributed by atoms with Gasteiger partial charge in [0.25, 0.3) is 0 Å². The van der Waals surface area contributed by atoms with Crippen LogP contribution in [0.5, 0.6) is 0 Å². The quantitative estimate of drug-likeness (QED) is 0.393. The number of allylic oxidation sites excluding steroid dienone is 3. The van der Waals surface area contributed by atoms with Gasteiger partial charge in [0.2, 0.25) is 5.60 Å². The average Bonchev–Trinajstić information content (AvgIpc) is 3.09. The Kier molecular flexibility index (Phi) is 5.36. The number of carbonyl (C=O) groups excluding carboxylic acids is 2. The van der Waals surface area contributed by atoms with E-state index in [1.807, 2.05) is 27.7 Å². The molecule has 2 fully saturated rings. The summed E-state index contributed by atoms with van der Waals surface area (Å²) < 4.78 is 11.8. The Labute approximate surface area is 182 Å². The zero-order valence-corrected chi connectivity index (χ0v) is 20.3. The molecule has 4 atom stereocenters. The normalized spacial score (nSPS) is 35.4. The van der Waals surface area contributed by atoms with Crippen LogP contribution < -0.4 is 0 Å². The molecule has 1 aliphatic heterocycles. The molecule has 4 heteroatoms. The molecule has 0 radical (unpaired) electrons. The third-order valence-corrected chi connectivity index (χ3v) is 9.24.